The van der Waals surface area contributed by atoms with Crippen molar-refractivity contribution in [3.8, 4) is 5.75 Å². The third kappa shape index (κ3) is 9.79. The molecule has 2 aromatic heterocycles. The van der Waals surface area contributed by atoms with Gasteiger partial charge in [-0.15, -0.1) is 5.10 Å². The predicted molar refractivity (Wildman–Crippen MR) is 229 cm³/mol. The van der Waals surface area contributed by atoms with Gasteiger partial charge in [-0.05, 0) is 67.1 Å². The molecule has 0 radical (unpaired) electrons. The first kappa shape index (κ1) is 45.7. The molecule has 2 heterocycles. The van der Waals surface area contributed by atoms with Gasteiger partial charge in [0, 0.05) is 49.7 Å². The van der Waals surface area contributed by atoms with Crippen LogP contribution in [0.4, 0.5) is 43.5 Å². The summed E-state index contributed by atoms with van der Waals surface area (Å²) in [5, 5.41) is 11.6. The maximum atomic E-state index is 15.5. The van der Waals surface area contributed by atoms with Crippen molar-refractivity contribution in [3.63, 3.8) is 0 Å². The molecule has 12 nitrogen and oxygen atoms in total. The number of hydrogen-bond donors (Lipinski definition) is 2. The number of hydrogen-bond acceptors (Lipinski definition) is 8. The van der Waals surface area contributed by atoms with Gasteiger partial charge >= 0.3 is 0 Å². The minimum Gasteiger partial charge on any atom is -0.593 e. The highest BCUT2D eigenvalue weighted by Gasteiger charge is 2.51. The molecule has 1 saturated carbocycles. The number of carbonyl (C=O) groups excluding carboxylic acids is 2. The van der Waals surface area contributed by atoms with Crippen LogP contribution in [0.3, 0.4) is 0 Å². The van der Waals surface area contributed by atoms with Crippen molar-refractivity contribution in [2.24, 2.45) is 23.9 Å². The van der Waals surface area contributed by atoms with E-state index in [4.69, 9.17) is 21.3 Å². The van der Waals surface area contributed by atoms with Crippen LogP contribution in [-0.4, -0.2) is 68.1 Å². The molecule has 1 amide bonds. The molecule has 2 N–H and O–H groups in total. The van der Waals surface area contributed by atoms with Crippen LogP contribution >= 0.6 is 11.6 Å². The second-order valence-corrected chi connectivity index (χ2v) is 17.5. The number of halogens is 7. The SMILES string of the molecule is CC1Cc2c(C(F)F)nn(CC(=O)NC(Cc3cc(F)cc(F)c3)/C(=N/c3cc(OCC4CCCCC4)ccc3C=O)N(C)c3ccc(Cl)c4c(N[S+](C)[O-])nn(C)c34)c2C1(F)F. The van der Waals surface area contributed by atoms with Crippen LogP contribution in [0.15, 0.2) is 53.5 Å². The van der Waals surface area contributed by atoms with Crippen molar-refractivity contribution < 1.29 is 45.2 Å². The highest BCUT2D eigenvalue weighted by atomic mass is 35.5. The number of alkyl halides is 4. The van der Waals surface area contributed by atoms with E-state index in [-0.39, 0.29) is 51.9 Å². The summed E-state index contributed by atoms with van der Waals surface area (Å²) < 4.78 is 112. The van der Waals surface area contributed by atoms with Crippen molar-refractivity contribution in [3.05, 3.63) is 93.3 Å². The molecule has 0 saturated heterocycles. The lowest BCUT2D eigenvalue weighted by Crippen LogP contribution is -2.50. The third-order valence-electron chi connectivity index (χ3n) is 11.5. The topological polar surface area (TPSA) is 142 Å². The van der Waals surface area contributed by atoms with Gasteiger partial charge in [0.1, 0.15) is 47.4 Å². The van der Waals surface area contributed by atoms with E-state index in [2.05, 4.69) is 20.2 Å². The summed E-state index contributed by atoms with van der Waals surface area (Å²) in [6.07, 6.45) is 3.38. The Morgan fingerprint density at radius 3 is 2.49 bits per heavy atom. The van der Waals surface area contributed by atoms with E-state index >= 15 is 8.78 Å². The van der Waals surface area contributed by atoms with E-state index in [0.29, 0.717) is 51.9 Å². The van der Waals surface area contributed by atoms with E-state index in [1.807, 2.05) is 0 Å². The van der Waals surface area contributed by atoms with Crippen molar-refractivity contribution in [1.82, 2.24) is 24.9 Å². The highest BCUT2D eigenvalue weighted by molar-refractivity contribution is 7.92. The van der Waals surface area contributed by atoms with E-state index in [0.717, 1.165) is 44.2 Å². The Morgan fingerprint density at radius 1 is 1.11 bits per heavy atom. The molecule has 2 aliphatic rings. The number of nitrogens with one attached hydrogen (secondary N) is 2. The maximum Gasteiger partial charge on any atom is 0.292 e. The molecule has 1 fully saturated rings. The average molecular weight is 919 g/mol. The highest BCUT2D eigenvalue weighted by Crippen LogP contribution is 2.48. The summed E-state index contributed by atoms with van der Waals surface area (Å²) in [6.45, 7) is 0.694. The number of aryl methyl sites for hydroxylation is 1. The zero-order valence-corrected chi connectivity index (χ0v) is 36.3. The van der Waals surface area contributed by atoms with E-state index < -0.39 is 71.1 Å². The Kier molecular flexibility index (Phi) is 13.7. The molecule has 3 unspecified atom stereocenters. The minimum absolute atomic E-state index is 0.0399. The number of rotatable bonds is 15. The third-order valence-corrected chi connectivity index (χ3v) is 12.3. The van der Waals surface area contributed by atoms with Gasteiger partial charge < -0.3 is 19.5 Å². The molecule has 20 heteroatoms. The summed E-state index contributed by atoms with van der Waals surface area (Å²) in [5.74, 6) is -6.92. The van der Waals surface area contributed by atoms with Crippen LogP contribution in [-0.2, 0) is 48.5 Å². The average Bonchev–Trinajstić information content (AvgIpc) is 3.83. The minimum atomic E-state index is -3.59. The van der Waals surface area contributed by atoms with Crippen molar-refractivity contribution in [2.45, 2.75) is 76.8 Å². The van der Waals surface area contributed by atoms with Crippen LogP contribution in [0.1, 0.15) is 78.3 Å². The number of fused-ring (bicyclic) bond motifs is 2. The number of ether oxygens (including phenoxy) is 1. The molecular weight excluding hydrogens is 874 g/mol. The van der Waals surface area contributed by atoms with Crippen LogP contribution < -0.4 is 19.7 Å². The molecule has 0 aliphatic heterocycles. The van der Waals surface area contributed by atoms with Gasteiger partial charge in [-0.3, -0.25) is 19.0 Å². The molecule has 5 aromatic rings. The fourth-order valence-electron chi connectivity index (χ4n) is 8.44. The number of aliphatic imine (C=N–C) groups is 1. The van der Waals surface area contributed by atoms with Gasteiger partial charge in [0.05, 0.1) is 51.3 Å². The number of aromatic nitrogens is 4. The molecule has 63 heavy (non-hydrogen) atoms. The van der Waals surface area contributed by atoms with Crippen LogP contribution in [0.25, 0.3) is 10.9 Å². The number of amides is 1. The summed E-state index contributed by atoms with van der Waals surface area (Å²) in [7, 11) is 3.17. The second-order valence-electron chi connectivity index (χ2n) is 16.0. The lowest BCUT2D eigenvalue weighted by Gasteiger charge is -2.30. The zero-order chi connectivity index (χ0) is 45.3. The largest absolute Gasteiger partial charge is 0.593 e. The predicted octanol–water partition coefficient (Wildman–Crippen LogP) is 8.99. The Hall–Kier alpha value is -5.27. The number of carbonyl (C=O) groups is 2. The maximum absolute atomic E-state index is 15.5. The van der Waals surface area contributed by atoms with Gasteiger partial charge in [-0.25, -0.2) is 22.6 Å². The first-order valence-corrected chi connectivity index (χ1v) is 22.2. The first-order valence-electron chi connectivity index (χ1n) is 20.2. The lowest BCUT2D eigenvalue weighted by atomic mass is 9.90. The molecule has 7 rings (SSSR count). The van der Waals surface area contributed by atoms with Gasteiger partial charge in [0.25, 0.3) is 12.3 Å². The number of aldehydes is 1. The van der Waals surface area contributed by atoms with Crippen molar-refractivity contribution >= 4 is 69.1 Å². The van der Waals surface area contributed by atoms with Crippen LogP contribution in [0.2, 0.25) is 5.02 Å². The second kappa shape index (κ2) is 18.8. The number of likely N-dealkylation sites (N-methyl/N-ethyl adjacent to an activating group) is 1. The van der Waals surface area contributed by atoms with Gasteiger partial charge in [0.15, 0.2) is 6.29 Å². The summed E-state index contributed by atoms with van der Waals surface area (Å²) in [5.41, 5.74) is -1.03. The Balaban J connectivity index is 1.38. The van der Waals surface area contributed by atoms with Crippen molar-refractivity contribution in [1.29, 1.82) is 0 Å². The van der Waals surface area contributed by atoms with Gasteiger partial charge in [-0.2, -0.15) is 18.6 Å². The number of amidine groups is 1. The molecule has 0 bridgehead atoms. The quantitative estimate of drug-likeness (QED) is 0.0349. The zero-order valence-electron chi connectivity index (χ0n) is 34.7. The summed E-state index contributed by atoms with van der Waals surface area (Å²) >= 11 is 5.13. The standard InChI is InChI=1S/C43H45ClF6N8O4S/c1-23-14-30-37(40(47)48)53-58(39(30)43(23,49)50)20-35(60)51-33(17-25-15-27(45)18-28(46)16-25)42(52-32-19-29(11-10-26(32)21-59)62-22-24-8-6-5-7-9-24)56(2)34-13-12-31(44)36-38(34)57(3)54-41(36)55-63(4)61/h10-13,15-16,18-19,21,23-24,33,40H,5-9,14,17,20,22H2,1-4H3,(H,51,60)(H,54,55)/b52-42-. The van der Waals surface area contributed by atoms with Crippen LogP contribution in [0, 0.1) is 23.5 Å². The monoisotopic (exact) mass is 918 g/mol. The Morgan fingerprint density at radius 2 is 1.83 bits per heavy atom. The van der Waals surface area contributed by atoms with Gasteiger partial charge in [-0.1, -0.05) is 37.8 Å². The van der Waals surface area contributed by atoms with E-state index in [1.165, 1.54) is 28.8 Å². The Bertz CT molecular complexity index is 2530. The fraction of sp³-hybridized carbons (Fsp3) is 0.419. The van der Waals surface area contributed by atoms with Crippen LogP contribution in [0.5, 0.6) is 5.75 Å². The van der Waals surface area contributed by atoms with E-state index in [9.17, 15) is 31.7 Å². The summed E-state index contributed by atoms with van der Waals surface area (Å²) in [6, 6.07) is 9.20. The number of nitrogens with zero attached hydrogens (tertiary/aromatic N) is 6. The molecule has 3 aromatic carbocycles. The van der Waals surface area contributed by atoms with Gasteiger partial charge in [0.2, 0.25) is 11.7 Å². The molecule has 3 atom stereocenters. The molecule has 0 spiro atoms. The molecular formula is C43H45ClF6N8O4S. The summed E-state index contributed by atoms with van der Waals surface area (Å²) in [4.78, 5) is 33.3. The number of benzene rings is 3. The Labute approximate surface area is 367 Å². The smallest absolute Gasteiger partial charge is 0.292 e. The number of anilines is 2. The van der Waals surface area contributed by atoms with E-state index in [1.54, 1.807) is 38.4 Å². The normalized spacial score (nSPS) is 17.5. The fourth-order valence-corrected chi connectivity index (χ4v) is 9.10. The molecule has 2 aliphatic carbocycles. The molecule has 336 valence electrons. The first-order chi connectivity index (χ1) is 29.9. The lowest BCUT2D eigenvalue weighted by molar-refractivity contribution is -0.122. The van der Waals surface area contributed by atoms with Crippen molar-refractivity contribution in [2.75, 3.05) is 29.5 Å².